The molecule has 0 aromatic heterocycles. The summed E-state index contributed by atoms with van der Waals surface area (Å²) in [6.45, 7) is 1.68. The molecule has 0 bridgehead atoms. The number of hydrazine groups is 1. The van der Waals surface area contributed by atoms with Crippen molar-refractivity contribution in [3.8, 4) is 5.75 Å². The summed E-state index contributed by atoms with van der Waals surface area (Å²) < 4.78 is 5.26. The van der Waals surface area contributed by atoms with Crippen molar-refractivity contribution in [2.45, 2.75) is 6.92 Å². The Hall–Kier alpha value is -2.44. The van der Waals surface area contributed by atoms with Gasteiger partial charge in [0, 0.05) is 16.8 Å². The topological polar surface area (TPSA) is 79.5 Å². The third-order valence-electron chi connectivity index (χ3n) is 3.10. The maximum Gasteiger partial charge on any atom is 0.276 e. The molecule has 0 aliphatic carbocycles. The van der Waals surface area contributed by atoms with Gasteiger partial charge in [-0.25, -0.2) is 0 Å². The number of aryl methyl sites for hydroxylation is 1. The van der Waals surface area contributed by atoms with Crippen molar-refractivity contribution in [1.29, 1.82) is 0 Å². The van der Waals surface area contributed by atoms with Crippen molar-refractivity contribution in [3.63, 3.8) is 0 Å². The molecule has 2 rings (SSSR count). The van der Waals surface area contributed by atoms with Gasteiger partial charge < -0.3 is 10.1 Å². The highest BCUT2D eigenvalue weighted by Gasteiger charge is 2.08. The minimum atomic E-state index is -0.528. The lowest BCUT2D eigenvalue weighted by Gasteiger charge is -2.11. The molecule has 0 spiro atoms. The molecule has 132 valence electrons. The Morgan fingerprint density at radius 3 is 2.40 bits per heavy atom. The number of amides is 2. The van der Waals surface area contributed by atoms with E-state index in [-0.39, 0.29) is 18.9 Å². The molecule has 0 atom stereocenters. The number of carbonyl (C=O) groups excluding carboxylic acids is 2. The minimum absolute atomic E-state index is 0.0182. The molecular weight excluding hydrogens is 365 g/mol. The van der Waals surface area contributed by atoms with Gasteiger partial charge in [0.1, 0.15) is 5.75 Å². The normalized spacial score (nSPS) is 10.0. The van der Waals surface area contributed by atoms with E-state index in [1.165, 1.54) is 6.07 Å². The smallest absolute Gasteiger partial charge is 0.276 e. The molecule has 2 amide bonds. The van der Waals surface area contributed by atoms with Crippen LogP contribution < -0.4 is 20.9 Å². The maximum atomic E-state index is 11.7. The highest BCUT2D eigenvalue weighted by molar-refractivity contribution is 6.34. The monoisotopic (exact) mass is 381 g/mol. The van der Waals surface area contributed by atoms with Crippen molar-refractivity contribution in [2.75, 3.05) is 18.5 Å². The summed E-state index contributed by atoms with van der Waals surface area (Å²) in [7, 11) is 0. The van der Waals surface area contributed by atoms with Gasteiger partial charge in [-0.1, -0.05) is 40.9 Å². The van der Waals surface area contributed by atoms with Crippen LogP contribution in [-0.2, 0) is 9.59 Å². The average molecular weight is 382 g/mol. The summed E-state index contributed by atoms with van der Waals surface area (Å²) in [6.07, 6.45) is 0. The molecule has 0 radical (unpaired) electrons. The number of carbonyl (C=O) groups is 2. The summed E-state index contributed by atoms with van der Waals surface area (Å²) in [5.41, 5.74) is 6.48. The minimum Gasteiger partial charge on any atom is -0.482 e. The van der Waals surface area contributed by atoms with Gasteiger partial charge in [0.15, 0.2) is 6.61 Å². The Labute approximate surface area is 155 Å². The van der Waals surface area contributed by atoms with E-state index in [2.05, 4.69) is 16.2 Å². The number of anilines is 1. The van der Waals surface area contributed by atoms with Crippen LogP contribution in [0.15, 0.2) is 42.5 Å². The summed E-state index contributed by atoms with van der Waals surface area (Å²) in [5, 5.41) is 3.72. The number of nitrogens with one attached hydrogen (secondary N) is 3. The molecule has 25 heavy (non-hydrogen) atoms. The Morgan fingerprint density at radius 2 is 1.68 bits per heavy atom. The van der Waals surface area contributed by atoms with Gasteiger partial charge in [0.2, 0.25) is 0 Å². The lowest BCUT2D eigenvalue weighted by atomic mass is 10.2. The predicted octanol–water partition coefficient (Wildman–Crippen LogP) is 2.94. The molecule has 2 aromatic rings. The van der Waals surface area contributed by atoms with Crippen LogP contribution in [0.2, 0.25) is 10.0 Å². The van der Waals surface area contributed by atoms with E-state index in [1.807, 2.05) is 31.2 Å². The average Bonchev–Trinajstić information content (AvgIpc) is 2.60. The molecule has 0 heterocycles. The van der Waals surface area contributed by atoms with Crippen LogP contribution in [0.3, 0.4) is 0 Å². The third kappa shape index (κ3) is 6.52. The lowest BCUT2D eigenvalue weighted by molar-refractivity contribution is -0.129. The largest absolute Gasteiger partial charge is 0.482 e. The molecule has 0 saturated heterocycles. The van der Waals surface area contributed by atoms with Gasteiger partial charge in [-0.3, -0.25) is 20.4 Å². The first-order valence-corrected chi connectivity index (χ1v) is 8.16. The molecule has 8 heteroatoms. The SMILES string of the molecule is Cc1ccc(NCC(=O)NNC(=O)COc2cc(Cl)ccc2Cl)cc1. The Morgan fingerprint density at radius 1 is 1.00 bits per heavy atom. The van der Waals surface area contributed by atoms with E-state index >= 15 is 0 Å². The molecule has 0 fully saturated rings. The Bertz CT molecular complexity index is 751. The molecule has 0 saturated carbocycles. The van der Waals surface area contributed by atoms with E-state index in [0.717, 1.165) is 11.3 Å². The highest BCUT2D eigenvalue weighted by Crippen LogP contribution is 2.27. The van der Waals surface area contributed by atoms with Gasteiger partial charge in [0.25, 0.3) is 11.8 Å². The number of ether oxygens (including phenoxy) is 1. The molecule has 6 nitrogen and oxygen atoms in total. The van der Waals surface area contributed by atoms with Crippen molar-refractivity contribution in [2.24, 2.45) is 0 Å². The van der Waals surface area contributed by atoms with Gasteiger partial charge >= 0.3 is 0 Å². The van der Waals surface area contributed by atoms with Crippen molar-refractivity contribution in [1.82, 2.24) is 10.9 Å². The molecule has 2 aromatic carbocycles. The zero-order valence-corrected chi connectivity index (χ0v) is 14.9. The van der Waals surface area contributed by atoms with Crippen LogP contribution in [0.5, 0.6) is 5.75 Å². The van der Waals surface area contributed by atoms with Crippen molar-refractivity contribution >= 4 is 40.7 Å². The first kappa shape index (κ1) is 18.9. The number of halogens is 2. The second-order valence-electron chi connectivity index (χ2n) is 5.18. The Kier molecular flexibility index (Phi) is 6.91. The van der Waals surface area contributed by atoms with E-state index in [0.29, 0.717) is 10.0 Å². The van der Waals surface area contributed by atoms with Crippen LogP contribution in [0, 0.1) is 6.92 Å². The predicted molar refractivity (Wildman–Crippen MR) is 97.9 cm³/mol. The first-order chi connectivity index (χ1) is 11.9. The zero-order chi connectivity index (χ0) is 18.2. The van der Waals surface area contributed by atoms with Gasteiger partial charge in [0.05, 0.1) is 11.6 Å². The summed E-state index contributed by atoms with van der Waals surface area (Å²) in [5.74, 6) is -0.633. The van der Waals surface area contributed by atoms with Crippen molar-refractivity contribution in [3.05, 3.63) is 58.1 Å². The fourth-order valence-electron chi connectivity index (χ4n) is 1.80. The summed E-state index contributed by atoms with van der Waals surface area (Å²) in [6, 6.07) is 12.3. The van der Waals surface area contributed by atoms with Crippen molar-refractivity contribution < 1.29 is 14.3 Å². The van der Waals surface area contributed by atoms with Crippen LogP contribution in [0.4, 0.5) is 5.69 Å². The third-order valence-corrected chi connectivity index (χ3v) is 3.65. The molecule has 0 aliphatic rings. The van der Waals surface area contributed by atoms with E-state index < -0.39 is 11.8 Å². The second-order valence-corrected chi connectivity index (χ2v) is 6.02. The second kappa shape index (κ2) is 9.15. The maximum absolute atomic E-state index is 11.7. The fraction of sp³-hybridized carbons (Fsp3) is 0.176. The molecule has 0 aliphatic heterocycles. The standard InChI is InChI=1S/C17H17Cl2N3O3/c1-11-2-5-13(6-3-11)20-9-16(23)21-22-17(24)10-25-15-8-12(18)4-7-14(15)19/h2-8,20H,9-10H2,1H3,(H,21,23)(H,22,24). The summed E-state index contributed by atoms with van der Waals surface area (Å²) in [4.78, 5) is 23.4. The molecular formula is C17H17Cl2N3O3. The van der Waals surface area contributed by atoms with Crippen LogP contribution in [0.1, 0.15) is 5.56 Å². The van der Waals surface area contributed by atoms with E-state index in [9.17, 15) is 9.59 Å². The molecule has 0 unspecified atom stereocenters. The fourth-order valence-corrected chi connectivity index (χ4v) is 2.14. The highest BCUT2D eigenvalue weighted by atomic mass is 35.5. The van der Waals surface area contributed by atoms with E-state index in [1.54, 1.807) is 12.1 Å². The van der Waals surface area contributed by atoms with Crippen LogP contribution in [0.25, 0.3) is 0 Å². The van der Waals surface area contributed by atoms with E-state index in [4.69, 9.17) is 27.9 Å². The van der Waals surface area contributed by atoms with Crippen LogP contribution >= 0.6 is 23.2 Å². The van der Waals surface area contributed by atoms with Gasteiger partial charge in [-0.05, 0) is 31.2 Å². The summed E-state index contributed by atoms with van der Waals surface area (Å²) >= 11 is 11.7. The number of hydrogen-bond acceptors (Lipinski definition) is 4. The number of hydrogen-bond donors (Lipinski definition) is 3. The first-order valence-electron chi connectivity index (χ1n) is 7.40. The van der Waals surface area contributed by atoms with Gasteiger partial charge in [-0.15, -0.1) is 0 Å². The zero-order valence-electron chi connectivity index (χ0n) is 13.4. The Balaban J connectivity index is 1.69. The van der Waals surface area contributed by atoms with Crippen LogP contribution in [-0.4, -0.2) is 25.0 Å². The quantitative estimate of drug-likeness (QED) is 0.672. The number of rotatable bonds is 6. The lowest BCUT2D eigenvalue weighted by Crippen LogP contribution is -2.45. The van der Waals surface area contributed by atoms with Gasteiger partial charge in [-0.2, -0.15) is 0 Å². The number of benzene rings is 2. The molecule has 3 N–H and O–H groups in total.